The Morgan fingerprint density at radius 3 is 2.24 bits per heavy atom. The van der Waals surface area contributed by atoms with Crippen LogP contribution >= 0.6 is 0 Å². The third-order valence-corrected chi connectivity index (χ3v) is 6.51. The maximum atomic E-state index is 12.2. The van der Waals surface area contributed by atoms with Crippen molar-refractivity contribution in [1.82, 2.24) is 4.90 Å². The molecule has 0 unspecified atom stereocenters. The summed E-state index contributed by atoms with van der Waals surface area (Å²) in [4.78, 5) is 2.20. The first-order valence-corrected chi connectivity index (χ1v) is 8.04. The van der Waals surface area contributed by atoms with Crippen LogP contribution < -0.4 is 5.73 Å². The fourth-order valence-corrected chi connectivity index (χ4v) is 4.87. The molecule has 5 heteroatoms. The van der Waals surface area contributed by atoms with E-state index < -0.39 is 14.6 Å². The molecule has 0 aliphatic carbocycles. The zero-order chi connectivity index (χ0) is 13.3. The van der Waals surface area contributed by atoms with Gasteiger partial charge in [0.1, 0.15) is 0 Å². The molecule has 1 aliphatic rings. The summed E-state index contributed by atoms with van der Waals surface area (Å²) < 4.78 is 23.9. The van der Waals surface area contributed by atoms with E-state index in [2.05, 4.69) is 4.90 Å². The smallest absolute Gasteiger partial charge is 0.158 e. The maximum absolute atomic E-state index is 12.2. The Labute approximate surface area is 105 Å². The molecule has 1 rings (SSSR count). The van der Waals surface area contributed by atoms with Gasteiger partial charge < -0.3 is 5.73 Å². The van der Waals surface area contributed by atoms with Gasteiger partial charge in [-0.2, -0.15) is 0 Å². The van der Waals surface area contributed by atoms with E-state index in [0.717, 1.165) is 6.54 Å². The predicted molar refractivity (Wildman–Crippen MR) is 71.8 cm³/mol. The molecule has 0 aromatic heterocycles. The second-order valence-electron chi connectivity index (χ2n) is 5.91. The van der Waals surface area contributed by atoms with Gasteiger partial charge in [0.05, 0.1) is 10.5 Å². The molecule has 1 aliphatic heterocycles. The molecule has 0 spiro atoms. The first kappa shape index (κ1) is 14.9. The van der Waals surface area contributed by atoms with Crippen LogP contribution in [0.5, 0.6) is 0 Å². The van der Waals surface area contributed by atoms with Crippen LogP contribution in [0.4, 0.5) is 0 Å². The Hall–Kier alpha value is -0.130. The minimum absolute atomic E-state index is 0.269. The second kappa shape index (κ2) is 4.86. The Balaban J connectivity index is 2.88. The average molecular weight is 262 g/mol. The van der Waals surface area contributed by atoms with Crippen LogP contribution in [0.25, 0.3) is 0 Å². The Morgan fingerprint density at radius 2 is 1.82 bits per heavy atom. The van der Waals surface area contributed by atoms with E-state index >= 15 is 0 Å². The van der Waals surface area contributed by atoms with Crippen molar-refractivity contribution in [3.8, 4) is 0 Å². The van der Waals surface area contributed by atoms with E-state index in [1.807, 2.05) is 27.7 Å². The van der Waals surface area contributed by atoms with E-state index in [-0.39, 0.29) is 11.3 Å². The van der Waals surface area contributed by atoms with Crippen molar-refractivity contribution in [2.24, 2.45) is 5.73 Å². The van der Waals surface area contributed by atoms with Gasteiger partial charge >= 0.3 is 0 Å². The molecule has 17 heavy (non-hydrogen) atoms. The topological polar surface area (TPSA) is 63.4 Å². The summed E-state index contributed by atoms with van der Waals surface area (Å²) in [6.45, 7) is 9.90. The summed E-state index contributed by atoms with van der Waals surface area (Å²) in [5.41, 5.74) is 5.74. The molecule has 1 fully saturated rings. The highest BCUT2D eigenvalue weighted by molar-refractivity contribution is 7.92. The molecule has 0 aromatic carbocycles. The van der Waals surface area contributed by atoms with E-state index in [0.29, 0.717) is 25.9 Å². The normalized spacial score (nSPS) is 24.8. The lowest BCUT2D eigenvalue weighted by Gasteiger charge is -2.43. The van der Waals surface area contributed by atoms with Gasteiger partial charge in [-0.3, -0.25) is 4.90 Å². The lowest BCUT2D eigenvalue weighted by Crippen LogP contribution is -2.59. The molecule has 2 N–H and O–H groups in total. The molecule has 0 aromatic rings. The molecular formula is C12H26N2O2S. The number of sulfone groups is 1. The molecule has 1 saturated heterocycles. The number of hydrogen-bond acceptors (Lipinski definition) is 4. The maximum Gasteiger partial charge on any atom is 0.158 e. The molecule has 0 saturated carbocycles. The van der Waals surface area contributed by atoms with Gasteiger partial charge in [-0.05, 0) is 26.7 Å². The number of nitrogens with two attached hydrogens (primary N) is 1. The zero-order valence-corrected chi connectivity index (χ0v) is 12.3. The highest BCUT2D eigenvalue weighted by Gasteiger charge is 2.45. The summed E-state index contributed by atoms with van der Waals surface area (Å²) in [7, 11) is -2.96. The molecule has 0 amide bonds. The number of nitrogens with zero attached hydrogens (tertiary/aromatic N) is 1. The molecule has 0 bridgehead atoms. The average Bonchev–Trinajstić information content (AvgIpc) is 2.19. The van der Waals surface area contributed by atoms with Crippen LogP contribution in [0.2, 0.25) is 0 Å². The monoisotopic (exact) mass is 262 g/mol. The largest absolute Gasteiger partial charge is 0.324 e. The lowest BCUT2D eigenvalue weighted by atomic mass is 9.99. The highest BCUT2D eigenvalue weighted by atomic mass is 32.2. The van der Waals surface area contributed by atoms with Crippen molar-refractivity contribution in [2.75, 3.05) is 25.4 Å². The Bertz CT molecular complexity index is 353. The molecule has 0 atom stereocenters. The first-order valence-electron chi connectivity index (χ1n) is 6.39. The van der Waals surface area contributed by atoms with E-state index in [4.69, 9.17) is 5.73 Å². The van der Waals surface area contributed by atoms with Crippen molar-refractivity contribution >= 4 is 9.84 Å². The van der Waals surface area contributed by atoms with Gasteiger partial charge in [-0.25, -0.2) is 8.42 Å². The van der Waals surface area contributed by atoms with Crippen molar-refractivity contribution < 1.29 is 8.42 Å². The fourth-order valence-electron chi connectivity index (χ4n) is 2.68. The molecule has 4 nitrogen and oxygen atoms in total. The summed E-state index contributed by atoms with van der Waals surface area (Å²) in [6.07, 6.45) is 1.38. The van der Waals surface area contributed by atoms with E-state index in [1.165, 1.54) is 0 Å². The van der Waals surface area contributed by atoms with Gasteiger partial charge in [0.15, 0.2) is 9.84 Å². The van der Waals surface area contributed by atoms with Crippen LogP contribution in [0, 0.1) is 0 Å². The number of hydrogen-bond donors (Lipinski definition) is 1. The summed E-state index contributed by atoms with van der Waals surface area (Å²) in [5.74, 6) is 0.269. The molecule has 0 radical (unpaired) electrons. The van der Waals surface area contributed by atoms with Crippen molar-refractivity contribution in [2.45, 2.75) is 50.8 Å². The van der Waals surface area contributed by atoms with Crippen LogP contribution in [-0.2, 0) is 9.84 Å². The quantitative estimate of drug-likeness (QED) is 0.821. The van der Waals surface area contributed by atoms with Crippen LogP contribution in [0.1, 0.15) is 40.5 Å². The van der Waals surface area contributed by atoms with Gasteiger partial charge in [0, 0.05) is 25.2 Å². The van der Waals surface area contributed by atoms with Gasteiger partial charge in [-0.15, -0.1) is 0 Å². The minimum Gasteiger partial charge on any atom is -0.324 e. The third kappa shape index (κ3) is 3.20. The Morgan fingerprint density at radius 1 is 1.29 bits per heavy atom. The zero-order valence-electron chi connectivity index (χ0n) is 11.5. The first-order chi connectivity index (χ1) is 7.66. The lowest BCUT2D eigenvalue weighted by molar-refractivity contribution is 0.194. The summed E-state index contributed by atoms with van der Waals surface area (Å²) in [5, 5.41) is 0. The molecular weight excluding hydrogens is 236 g/mol. The van der Waals surface area contributed by atoms with E-state index in [9.17, 15) is 8.42 Å². The predicted octanol–water partition coefficient (Wildman–Crippen LogP) is 1.01. The van der Waals surface area contributed by atoms with Crippen molar-refractivity contribution in [3.05, 3.63) is 0 Å². The molecule has 1 heterocycles. The third-order valence-electron chi connectivity index (χ3n) is 3.77. The summed E-state index contributed by atoms with van der Waals surface area (Å²) >= 11 is 0. The van der Waals surface area contributed by atoms with E-state index in [1.54, 1.807) is 0 Å². The van der Waals surface area contributed by atoms with Crippen LogP contribution in [-0.4, -0.2) is 49.0 Å². The number of rotatable bonds is 4. The fraction of sp³-hybridized carbons (Fsp3) is 1.00. The van der Waals surface area contributed by atoms with Crippen LogP contribution in [0.3, 0.4) is 0 Å². The highest BCUT2D eigenvalue weighted by Crippen LogP contribution is 2.31. The Kier molecular flexibility index (Phi) is 4.27. The summed E-state index contributed by atoms with van der Waals surface area (Å²) in [6, 6.07) is 0. The van der Waals surface area contributed by atoms with Gasteiger partial charge in [-0.1, -0.05) is 13.8 Å². The van der Waals surface area contributed by atoms with Crippen molar-refractivity contribution in [3.63, 3.8) is 0 Å². The standard InChI is InChI=1S/C12H26N2O2S/c1-5-12(6-2)10-14(9-11(3,4)13)7-8-17(12,15)16/h5-10,13H2,1-4H3. The second-order valence-corrected chi connectivity index (χ2v) is 8.41. The minimum atomic E-state index is -2.96. The van der Waals surface area contributed by atoms with Crippen LogP contribution in [0.15, 0.2) is 0 Å². The SMILES string of the molecule is CCC1(CC)CN(CC(C)(C)N)CCS1(=O)=O. The van der Waals surface area contributed by atoms with Crippen molar-refractivity contribution in [1.29, 1.82) is 0 Å². The van der Waals surface area contributed by atoms with Gasteiger partial charge in [0.25, 0.3) is 0 Å². The van der Waals surface area contributed by atoms with Gasteiger partial charge in [0.2, 0.25) is 0 Å². The molecule has 102 valence electrons.